The lowest BCUT2D eigenvalue weighted by molar-refractivity contribution is -0.115. The van der Waals surface area contributed by atoms with Crippen LogP contribution in [0, 0.1) is 0 Å². The molecule has 2 rings (SSSR count). The largest absolute Gasteiger partial charge is 0.369 e. The Morgan fingerprint density at radius 3 is 1.60 bits per heavy atom. The van der Waals surface area contributed by atoms with Crippen molar-refractivity contribution in [2.75, 3.05) is 5.75 Å². The molecular weight excluding hydrogens is 270 g/mol. The molecule has 4 heteroatoms. The molecule has 0 aliphatic rings. The smallest absolute Gasteiger partial charge is 0.228 e. The number of hydrogen-bond donors (Lipinski definition) is 2. The van der Waals surface area contributed by atoms with Crippen LogP contribution in [0.25, 0.3) is 0 Å². The summed E-state index contributed by atoms with van der Waals surface area (Å²) in [5, 5.41) is 0. The Bertz CT molecular complexity index is 565. The summed E-state index contributed by atoms with van der Waals surface area (Å²) in [5.74, 6) is 0.272. The van der Waals surface area contributed by atoms with Crippen LogP contribution in [0.15, 0.2) is 60.7 Å². The molecular formula is C16H19NO2S. The van der Waals surface area contributed by atoms with E-state index in [1.165, 1.54) is 0 Å². The Balaban J connectivity index is 2.21. The number of thiol groups is 1. The molecule has 2 aromatic rings. The first kappa shape index (κ1) is 14.5. The third kappa shape index (κ3) is 4.31. The number of nitrogens with two attached hydrogens (primary N) is 1. The Kier molecular flexibility index (Phi) is 4.69. The molecule has 0 bridgehead atoms. The number of carbonyl (C=O) groups is 1. The molecule has 0 unspecified atom stereocenters. The second-order valence-corrected chi connectivity index (χ2v) is 8.03. The zero-order chi connectivity index (χ0) is 14.4. The Morgan fingerprint density at radius 1 is 0.850 bits per heavy atom. The average molecular weight is 289 g/mol. The number of benzene rings is 2. The zero-order valence-electron chi connectivity index (χ0n) is 11.2. The Labute approximate surface area is 120 Å². The predicted octanol–water partition coefficient (Wildman–Crippen LogP) is 1.89. The molecule has 3 nitrogen and oxygen atoms in total. The maximum Gasteiger partial charge on any atom is 0.228 e. The summed E-state index contributed by atoms with van der Waals surface area (Å²) in [6.07, 6.45) is 0. The quantitative estimate of drug-likeness (QED) is 0.798. The minimum Gasteiger partial charge on any atom is -0.369 e. The molecule has 2 aromatic carbocycles. The van der Waals surface area contributed by atoms with Crippen LogP contribution in [-0.4, -0.2) is 15.9 Å². The Morgan fingerprint density at radius 2 is 1.25 bits per heavy atom. The van der Waals surface area contributed by atoms with Crippen LogP contribution in [0.2, 0.25) is 0 Å². The van der Waals surface area contributed by atoms with Gasteiger partial charge in [-0.25, -0.2) is 0 Å². The first-order valence-corrected chi connectivity index (χ1v) is 8.77. The molecule has 0 saturated heterocycles. The fraction of sp³-hybridized carbons (Fsp3) is 0.188. The fourth-order valence-corrected chi connectivity index (χ4v) is 4.94. The van der Waals surface area contributed by atoms with E-state index in [4.69, 9.17) is 5.73 Å². The van der Waals surface area contributed by atoms with E-state index < -0.39 is 15.8 Å². The van der Waals surface area contributed by atoms with Crippen molar-refractivity contribution in [3.8, 4) is 0 Å². The third-order valence-electron chi connectivity index (χ3n) is 3.07. The van der Waals surface area contributed by atoms with Gasteiger partial charge < -0.3 is 5.73 Å². The summed E-state index contributed by atoms with van der Waals surface area (Å²) in [4.78, 5) is 11.2. The summed E-state index contributed by atoms with van der Waals surface area (Å²) >= 11 is 0. The van der Waals surface area contributed by atoms with Crippen LogP contribution in [0.5, 0.6) is 0 Å². The first-order valence-electron chi connectivity index (χ1n) is 6.51. The van der Waals surface area contributed by atoms with E-state index in [-0.39, 0.29) is 5.75 Å². The van der Waals surface area contributed by atoms with Crippen molar-refractivity contribution in [2.45, 2.75) is 11.5 Å². The highest BCUT2D eigenvalue weighted by Gasteiger charge is 2.19. The molecule has 0 saturated carbocycles. The molecule has 0 fully saturated rings. The van der Waals surface area contributed by atoms with Crippen molar-refractivity contribution >= 4 is 15.8 Å². The Hall–Kier alpha value is -1.94. The molecule has 0 atom stereocenters. The summed E-state index contributed by atoms with van der Waals surface area (Å²) in [6.45, 7) is 0. The monoisotopic (exact) mass is 289 g/mol. The highest BCUT2D eigenvalue weighted by atomic mass is 32.2. The van der Waals surface area contributed by atoms with Gasteiger partial charge in [-0.2, -0.15) is 0 Å². The summed E-state index contributed by atoms with van der Waals surface area (Å²) < 4.78 is 13.1. The van der Waals surface area contributed by atoms with E-state index in [1.807, 2.05) is 60.7 Å². The van der Waals surface area contributed by atoms with Gasteiger partial charge in [0.1, 0.15) is 0 Å². The van der Waals surface area contributed by atoms with Crippen LogP contribution in [-0.2, 0) is 26.2 Å². The van der Waals surface area contributed by atoms with Gasteiger partial charge in [0.25, 0.3) is 0 Å². The van der Waals surface area contributed by atoms with Gasteiger partial charge in [0.15, 0.2) is 0 Å². The van der Waals surface area contributed by atoms with Crippen LogP contribution in [0.3, 0.4) is 0 Å². The summed E-state index contributed by atoms with van der Waals surface area (Å²) in [5.41, 5.74) is 7.23. The van der Waals surface area contributed by atoms with E-state index in [0.29, 0.717) is 11.5 Å². The number of hydrogen-bond acceptors (Lipinski definition) is 2. The maximum absolute atomic E-state index is 13.1. The van der Waals surface area contributed by atoms with Gasteiger partial charge in [0.05, 0.1) is 5.75 Å². The second kappa shape index (κ2) is 6.48. The topological polar surface area (TPSA) is 60.2 Å². The maximum atomic E-state index is 13.1. The van der Waals surface area contributed by atoms with Gasteiger partial charge in [0.2, 0.25) is 5.91 Å². The van der Waals surface area contributed by atoms with E-state index in [2.05, 4.69) is 0 Å². The normalized spacial score (nSPS) is 12.0. The number of carbonyl (C=O) groups excluding carboxylic acids is 1. The zero-order valence-corrected chi connectivity index (χ0v) is 12.1. The van der Waals surface area contributed by atoms with Crippen molar-refractivity contribution in [1.29, 1.82) is 0 Å². The lowest BCUT2D eigenvalue weighted by Gasteiger charge is -2.22. The van der Waals surface area contributed by atoms with Crippen LogP contribution < -0.4 is 5.73 Å². The number of rotatable bonds is 6. The average Bonchev–Trinajstić information content (AvgIpc) is 2.39. The molecule has 106 valence electrons. The van der Waals surface area contributed by atoms with Crippen molar-refractivity contribution in [2.24, 2.45) is 5.73 Å². The summed E-state index contributed by atoms with van der Waals surface area (Å²) in [7, 11) is -2.69. The van der Waals surface area contributed by atoms with E-state index >= 15 is 0 Å². The van der Waals surface area contributed by atoms with Gasteiger partial charge in [-0.15, -0.1) is 0 Å². The SMILES string of the molecule is NC(=O)C[SH](=O)(Cc1ccccc1)Cc1ccccc1. The highest BCUT2D eigenvalue weighted by molar-refractivity contribution is 8.02. The van der Waals surface area contributed by atoms with Gasteiger partial charge in [-0.1, -0.05) is 70.6 Å². The van der Waals surface area contributed by atoms with E-state index in [9.17, 15) is 9.00 Å². The van der Waals surface area contributed by atoms with Gasteiger partial charge in [0, 0.05) is 11.5 Å². The minimum absolute atomic E-state index is 0.0449. The highest BCUT2D eigenvalue weighted by Crippen LogP contribution is 2.19. The van der Waals surface area contributed by atoms with Crippen molar-refractivity contribution in [3.63, 3.8) is 0 Å². The molecule has 20 heavy (non-hydrogen) atoms. The molecule has 0 aromatic heterocycles. The molecule has 0 aliphatic carbocycles. The molecule has 1 amide bonds. The van der Waals surface area contributed by atoms with Crippen LogP contribution in [0.1, 0.15) is 11.1 Å². The van der Waals surface area contributed by atoms with Gasteiger partial charge >= 0.3 is 0 Å². The predicted molar refractivity (Wildman–Crippen MR) is 83.9 cm³/mol. The molecule has 0 heterocycles. The van der Waals surface area contributed by atoms with Gasteiger partial charge in [-0.3, -0.25) is 9.00 Å². The molecule has 0 radical (unpaired) electrons. The standard InChI is InChI=1S/C16H19NO2S/c17-16(18)13-20(19,11-14-7-3-1-4-8-14)12-15-9-5-2-6-10-15/h1-10,20H,11-13H2,(H2,17,18). The minimum atomic E-state index is -2.69. The van der Waals surface area contributed by atoms with Crippen LogP contribution in [0.4, 0.5) is 0 Å². The van der Waals surface area contributed by atoms with Crippen molar-refractivity contribution in [3.05, 3.63) is 71.8 Å². The van der Waals surface area contributed by atoms with Crippen molar-refractivity contribution in [1.82, 2.24) is 0 Å². The molecule has 0 aliphatic heterocycles. The fourth-order valence-electron chi connectivity index (χ4n) is 2.28. The number of primary amides is 1. The number of amides is 1. The molecule has 0 spiro atoms. The van der Waals surface area contributed by atoms with Crippen molar-refractivity contribution < 1.29 is 9.00 Å². The van der Waals surface area contributed by atoms with E-state index in [0.717, 1.165) is 11.1 Å². The van der Waals surface area contributed by atoms with Crippen LogP contribution >= 0.6 is 0 Å². The first-order chi connectivity index (χ1) is 9.57. The second-order valence-electron chi connectivity index (χ2n) is 4.97. The lowest BCUT2D eigenvalue weighted by Crippen LogP contribution is -2.31. The van der Waals surface area contributed by atoms with Gasteiger partial charge in [-0.05, 0) is 11.1 Å². The summed E-state index contributed by atoms with van der Waals surface area (Å²) in [6, 6.07) is 19.2. The third-order valence-corrected chi connectivity index (χ3v) is 5.84. The lowest BCUT2D eigenvalue weighted by atomic mass is 10.2. The van der Waals surface area contributed by atoms with E-state index in [1.54, 1.807) is 0 Å². The molecule has 2 N–H and O–H groups in total.